The van der Waals surface area contributed by atoms with Gasteiger partial charge in [-0.15, -0.1) is 0 Å². The van der Waals surface area contributed by atoms with Gasteiger partial charge in [-0.1, -0.05) is 12.1 Å². The zero-order valence-corrected chi connectivity index (χ0v) is 15.7. The first-order valence-corrected chi connectivity index (χ1v) is 8.98. The van der Waals surface area contributed by atoms with Crippen LogP contribution in [-0.4, -0.2) is 34.8 Å². The summed E-state index contributed by atoms with van der Waals surface area (Å²) in [6.07, 6.45) is 4.09. The highest BCUT2D eigenvalue weighted by molar-refractivity contribution is 5.94. The van der Waals surface area contributed by atoms with E-state index in [1.165, 1.54) is 0 Å². The van der Waals surface area contributed by atoms with E-state index in [0.717, 1.165) is 17.3 Å². The van der Waals surface area contributed by atoms with Crippen molar-refractivity contribution in [3.05, 3.63) is 77.9 Å². The molecule has 7 nitrogen and oxygen atoms in total. The average molecular weight is 417 g/mol. The number of urea groups is 1. The van der Waals surface area contributed by atoms with E-state index in [9.17, 15) is 22.8 Å². The van der Waals surface area contributed by atoms with E-state index in [4.69, 9.17) is 0 Å². The molecule has 0 aliphatic rings. The number of nitrogens with one attached hydrogen (secondary N) is 3. The third kappa shape index (κ3) is 5.37. The second-order valence-electron chi connectivity index (χ2n) is 6.25. The Morgan fingerprint density at radius 3 is 2.43 bits per heavy atom. The van der Waals surface area contributed by atoms with Gasteiger partial charge in [0, 0.05) is 18.9 Å². The van der Waals surface area contributed by atoms with Crippen LogP contribution >= 0.6 is 0 Å². The molecule has 2 aromatic carbocycles. The minimum Gasteiger partial charge on any atom is -0.338 e. The van der Waals surface area contributed by atoms with Gasteiger partial charge in [0.05, 0.1) is 17.9 Å². The molecule has 3 N–H and O–H groups in total. The van der Waals surface area contributed by atoms with Crippen LogP contribution in [0.2, 0.25) is 0 Å². The van der Waals surface area contributed by atoms with Gasteiger partial charge in [-0.05, 0) is 42.3 Å². The normalized spacial score (nSPS) is 10.5. The molecule has 1 aromatic heterocycles. The summed E-state index contributed by atoms with van der Waals surface area (Å²) in [5.74, 6) is -5.34. The third-order valence-corrected chi connectivity index (χ3v) is 4.12. The van der Waals surface area contributed by atoms with Crippen LogP contribution in [0.15, 0.2) is 54.9 Å². The van der Waals surface area contributed by atoms with Crippen molar-refractivity contribution in [3.63, 3.8) is 0 Å². The fraction of sp³-hybridized carbons (Fsp3) is 0.150. The van der Waals surface area contributed by atoms with Crippen LogP contribution in [0.1, 0.15) is 5.56 Å². The predicted molar refractivity (Wildman–Crippen MR) is 104 cm³/mol. The van der Waals surface area contributed by atoms with E-state index in [1.807, 2.05) is 36.5 Å². The minimum atomic E-state index is -1.68. The molecule has 0 fully saturated rings. The van der Waals surface area contributed by atoms with Gasteiger partial charge in [-0.2, -0.15) is 5.10 Å². The molecule has 3 amide bonds. The number of halogens is 3. The molecule has 0 spiro atoms. The van der Waals surface area contributed by atoms with Crippen molar-refractivity contribution in [2.24, 2.45) is 0 Å². The van der Waals surface area contributed by atoms with E-state index in [1.54, 1.807) is 10.9 Å². The second kappa shape index (κ2) is 9.59. The molecule has 1 heterocycles. The fourth-order valence-corrected chi connectivity index (χ4v) is 2.60. The SMILES string of the molecule is O=C(CNC(=O)NCCc1ccc(-n2cccn2)cc1)Nc1ccc(F)c(F)c1F. The van der Waals surface area contributed by atoms with Crippen molar-refractivity contribution in [1.29, 1.82) is 0 Å². The minimum absolute atomic E-state index is 0.326. The van der Waals surface area contributed by atoms with E-state index < -0.39 is 41.6 Å². The molecule has 0 atom stereocenters. The fourth-order valence-electron chi connectivity index (χ4n) is 2.60. The van der Waals surface area contributed by atoms with Crippen molar-refractivity contribution in [3.8, 4) is 5.69 Å². The highest BCUT2D eigenvalue weighted by Gasteiger charge is 2.15. The summed E-state index contributed by atoms with van der Waals surface area (Å²) in [7, 11) is 0. The van der Waals surface area contributed by atoms with E-state index in [-0.39, 0.29) is 0 Å². The summed E-state index contributed by atoms with van der Waals surface area (Å²) in [6.45, 7) is -0.144. The van der Waals surface area contributed by atoms with Crippen LogP contribution in [0.5, 0.6) is 0 Å². The van der Waals surface area contributed by atoms with Crippen LogP contribution < -0.4 is 16.0 Å². The Balaban J connectivity index is 1.38. The first-order valence-electron chi connectivity index (χ1n) is 8.98. The number of hydrogen-bond donors (Lipinski definition) is 3. The van der Waals surface area contributed by atoms with Gasteiger partial charge < -0.3 is 16.0 Å². The Morgan fingerprint density at radius 1 is 0.967 bits per heavy atom. The molecule has 156 valence electrons. The summed E-state index contributed by atoms with van der Waals surface area (Å²) < 4.78 is 41.3. The summed E-state index contributed by atoms with van der Waals surface area (Å²) in [5, 5.41) is 11.1. The summed E-state index contributed by atoms with van der Waals surface area (Å²) >= 11 is 0. The number of amides is 3. The van der Waals surface area contributed by atoms with Crippen LogP contribution in [0.3, 0.4) is 0 Å². The van der Waals surface area contributed by atoms with Crippen LogP contribution in [0.25, 0.3) is 5.69 Å². The van der Waals surface area contributed by atoms with Crippen molar-refractivity contribution in [1.82, 2.24) is 20.4 Å². The van der Waals surface area contributed by atoms with Gasteiger partial charge in [0.25, 0.3) is 0 Å². The lowest BCUT2D eigenvalue weighted by Gasteiger charge is -2.10. The summed E-state index contributed by atoms with van der Waals surface area (Å²) in [5.41, 5.74) is 1.40. The number of benzene rings is 2. The van der Waals surface area contributed by atoms with Crippen molar-refractivity contribution >= 4 is 17.6 Å². The largest absolute Gasteiger partial charge is 0.338 e. The number of aromatic nitrogens is 2. The average Bonchev–Trinajstić information content (AvgIpc) is 3.28. The molecule has 3 aromatic rings. The molecule has 3 rings (SSSR count). The van der Waals surface area contributed by atoms with Crippen LogP contribution in [-0.2, 0) is 11.2 Å². The van der Waals surface area contributed by atoms with Gasteiger partial charge in [0.15, 0.2) is 17.5 Å². The first kappa shape index (κ1) is 20.9. The standard InChI is InChI=1S/C20H18F3N5O2/c21-15-6-7-16(19(23)18(15)22)27-17(29)12-25-20(30)24-10-8-13-2-4-14(5-3-13)28-11-1-9-26-28/h1-7,9,11H,8,10,12H2,(H,27,29)(H2,24,25,30). The van der Waals surface area contributed by atoms with Crippen molar-refractivity contribution in [2.45, 2.75) is 6.42 Å². The lowest BCUT2D eigenvalue weighted by Crippen LogP contribution is -2.40. The molecule has 0 saturated heterocycles. The van der Waals surface area contributed by atoms with Crippen molar-refractivity contribution in [2.75, 3.05) is 18.4 Å². The zero-order chi connectivity index (χ0) is 21.5. The number of carbonyl (C=O) groups is 2. The third-order valence-electron chi connectivity index (χ3n) is 4.12. The summed E-state index contributed by atoms with van der Waals surface area (Å²) in [6, 6.07) is 10.5. The molecular formula is C20H18F3N5O2. The molecule has 0 aliphatic carbocycles. The Labute approximate surface area is 169 Å². The smallest absolute Gasteiger partial charge is 0.315 e. The van der Waals surface area contributed by atoms with Gasteiger partial charge >= 0.3 is 6.03 Å². The molecule has 0 bridgehead atoms. The maximum absolute atomic E-state index is 13.5. The zero-order valence-electron chi connectivity index (χ0n) is 15.7. The first-order chi connectivity index (χ1) is 14.4. The monoisotopic (exact) mass is 417 g/mol. The molecule has 10 heteroatoms. The molecular weight excluding hydrogens is 399 g/mol. The number of nitrogens with zero attached hydrogens (tertiary/aromatic N) is 2. The van der Waals surface area contributed by atoms with Gasteiger partial charge in [0.2, 0.25) is 5.91 Å². The molecule has 0 radical (unpaired) electrons. The Kier molecular flexibility index (Phi) is 6.68. The van der Waals surface area contributed by atoms with E-state index in [0.29, 0.717) is 19.0 Å². The quantitative estimate of drug-likeness (QED) is 0.517. The lowest BCUT2D eigenvalue weighted by atomic mass is 10.1. The molecule has 0 aliphatic heterocycles. The van der Waals surface area contributed by atoms with Gasteiger partial charge in [-0.3, -0.25) is 4.79 Å². The molecule has 0 saturated carbocycles. The van der Waals surface area contributed by atoms with Crippen molar-refractivity contribution < 1.29 is 22.8 Å². The second-order valence-corrected chi connectivity index (χ2v) is 6.25. The van der Waals surface area contributed by atoms with Gasteiger partial charge in [0.1, 0.15) is 0 Å². The topological polar surface area (TPSA) is 88.1 Å². The van der Waals surface area contributed by atoms with Crippen LogP contribution in [0.4, 0.5) is 23.7 Å². The maximum Gasteiger partial charge on any atom is 0.315 e. The Bertz CT molecular complexity index is 1020. The number of hydrogen-bond acceptors (Lipinski definition) is 3. The molecule has 0 unspecified atom stereocenters. The lowest BCUT2D eigenvalue weighted by molar-refractivity contribution is -0.115. The Hall–Kier alpha value is -3.82. The number of rotatable bonds is 7. The van der Waals surface area contributed by atoms with E-state index >= 15 is 0 Å². The summed E-state index contributed by atoms with van der Waals surface area (Å²) in [4.78, 5) is 23.5. The number of anilines is 1. The Morgan fingerprint density at radius 2 is 1.73 bits per heavy atom. The van der Waals surface area contributed by atoms with Crippen LogP contribution in [0, 0.1) is 17.5 Å². The highest BCUT2D eigenvalue weighted by atomic mass is 19.2. The van der Waals surface area contributed by atoms with E-state index in [2.05, 4.69) is 21.0 Å². The van der Waals surface area contributed by atoms with Gasteiger partial charge in [-0.25, -0.2) is 22.6 Å². The maximum atomic E-state index is 13.5. The number of carbonyl (C=O) groups excluding carboxylic acids is 2. The molecule has 30 heavy (non-hydrogen) atoms. The highest BCUT2D eigenvalue weighted by Crippen LogP contribution is 2.19. The predicted octanol–water partition coefficient (Wildman–Crippen LogP) is 2.77.